The molecule has 0 aliphatic carbocycles. The molecule has 94 valence electrons. The summed E-state index contributed by atoms with van der Waals surface area (Å²) in [6.45, 7) is 0.354. The molecule has 2 unspecified atom stereocenters. The predicted molar refractivity (Wildman–Crippen MR) is 50.7 cm³/mol. The van der Waals surface area contributed by atoms with Crippen LogP contribution in [0.25, 0.3) is 0 Å². The van der Waals surface area contributed by atoms with Crippen LogP contribution in [-0.4, -0.2) is 42.4 Å². The Balaban J connectivity index is 2.11. The fourth-order valence-electron chi connectivity index (χ4n) is 1.54. The number of carbonyl (C=O) groups is 1. The largest absolute Gasteiger partial charge is 0.392 e. The summed E-state index contributed by atoms with van der Waals surface area (Å²) in [5, 5.41) is 14.3. The first-order valence-electron chi connectivity index (χ1n) is 5.14. The molecule has 1 amide bonds. The average molecular weight is 240 g/mol. The molecule has 1 fully saturated rings. The zero-order valence-electron chi connectivity index (χ0n) is 8.68. The van der Waals surface area contributed by atoms with Crippen LogP contribution in [0.1, 0.15) is 19.3 Å². The van der Waals surface area contributed by atoms with Crippen LogP contribution < -0.4 is 10.6 Å². The van der Waals surface area contributed by atoms with Crippen molar-refractivity contribution in [3.63, 3.8) is 0 Å². The number of nitrogens with one attached hydrogen (secondary N) is 2. The lowest BCUT2D eigenvalue weighted by Gasteiger charge is -2.11. The van der Waals surface area contributed by atoms with E-state index in [-0.39, 0.29) is 18.9 Å². The van der Waals surface area contributed by atoms with Crippen LogP contribution in [0.2, 0.25) is 0 Å². The van der Waals surface area contributed by atoms with Crippen molar-refractivity contribution in [2.75, 3.05) is 13.1 Å². The summed E-state index contributed by atoms with van der Waals surface area (Å²) in [5.41, 5.74) is 0. The SMILES string of the molecule is O=C(NCCCC(F)(F)F)C1CC(O)CN1. The molecule has 1 aliphatic heterocycles. The first-order chi connectivity index (χ1) is 7.38. The summed E-state index contributed by atoms with van der Waals surface area (Å²) in [7, 11) is 0. The Morgan fingerprint density at radius 3 is 2.69 bits per heavy atom. The van der Waals surface area contributed by atoms with Gasteiger partial charge in [-0.1, -0.05) is 0 Å². The molecule has 1 aliphatic rings. The van der Waals surface area contributed by atoms with Crippen molar-refractivity contribution in [1.29, 1.82) is 0 Å². The number of β-amino-alcohol motifs (C(OH)–C–C–N with tert-alkyl or cyclic N) is 1. The standard InChI is InChI=1S/C9H15F3N2O2/c10-9(11,12)2-1-3-13-8(16)7-4-6(15)5-14-7/h6-7,14-15H,1-5H2,(H,13,16). The van der Waals surface area contributed by atoms with Gasteiger partial charge in [-0.2, -0.15) is 13.2 Å². The number of hydrogen-bond acceptors (Lipinski definition) is 3. The average Bonchev–Trinajstić information content (AvgIpc) is 2.57. The van der Waals surface area contributed by atoms with Gasteiger partial charge in [-0.3, -0.25) is 4.79 Å². The fourth-order valence-corrected chi connectivity index (χ4v) is 1.54. The first kappa shape index (κ1) is 13.2. The van der Waals surface area contributed by atoms with Gasteiger partial charge >= 0.3 is 6.18 Å². The summed E-state index contributed by atoms with van der Waals surface area (Å²) in [5.74, 6) is -0.348. The van der Waals surface area contributed by atoms with Gasteiger partial charge < -0.3 is 15.7 Å². The van der Waals surface area contributed by atoms with Crippen LogP contribution in [0, 0.1) is 0 Å². The van der Waals surface area contributed by atoms with Crippen molar-refractivity contribution in [2.45, 2.75) is 37.6 Å². The molecule has 3 N–H and O–H groups in total. The molecule has 0 spiro atoms. The zero-order chi connectivity index (χ0) is 12.2. The van der Waals surface area contributed by atoms with Crippen molar-refractivity contribution in [2.24, 2.45) is 0 Å². The van der Waals surface area contributed by atoms with Gasteiger partial charge in [0.05, 0.1) is 12.1 Å². The van der Waals surface area contributed by atoms with Gasteiger partial charge in [-0.25, -0.2) is 0 Å². The lowest BCUT2D eigenvalue weighted by Crippen LogP contribution is -2.40. The van der Waals surface area contributed by atoms with E-state index in [2.05, 4.69) is 10.6 Å². The fraction of sp³-hybridized carbons (Fsp3) is 0.889. The number of halogens is 3. The van der Waals surface area contributed by atoms with E-state index in [0.717, 1.165) is 0 Å². The Morgan fingerprint density at radius 1 is 1.50 bits per heavy atom. The monoisotopic (exact) mass is 240 g/mol. The topological polar surface area (TPSA) is 61.4 Å². The number of hydrogen-bond donors (Lipinski definition) is 3. The maximum absolute atomic E-state index is 11.8. The summed E-state index contributed by atoms with van der Waals surface area (Å²) >= 11 is 0. The molecule has 0 bridgehead atoms. The number of rotatable bonds is 4. The van der Waals surface area contributed by atoms with Crippen LogP contribution >= 0.6 is 0 Å². The van der Waals surface area contributed by atoms with Crippen molar-refractivity contribution >= 4 is 5.91 Å². The van der Waals surface area contributed by atoms with E-state index >= 15 is 0 Å². The zero-order valence-corrected chi connectivity index (χ0v) is 8.68. The molecular weight excluding hydrogens is 225 g/mol. The van der Waals surface area contributed by atoms with Gasteiger partial charge in [0.2, 0.25) is 5.91 Å². The van der Waals surface area contributed by atoms with Gasteiger partial charge in [-0.05, 0) is 12.8 Å². The highest BCUT2D eigenvalue weighted by molar-refractivity contribution is 5.82. The Labute approximate surface area is 91.2 Å². The lowest BCUT2D eigenvalue weighted by molar-refractivity contribution is -0.136. The minimum absolute atomic E-state index is 0.00657. The Bertz CT molecular complexity index is 245. The second-order valence-corrected chi connectivity index (χ2v) is 3.86. The second kappa shape index (κ2) is 5.49. The van der Waals surface area contributed by atoms with Gasteiger partial charge in [0.1, 0.15) is 0 Å². The smallest absolute Gasteiger partial charge is 0.389 e. The first-order valence-corrected chi connectivity index (χ1v) is 5.14. The van der Waals surface area contributed by atoms with Crippen molar-refractivity contribution in [1.82, 2.24) is 10.6 Å². The van der Waals surface area contributed by atoms with Crippen LogP contribution in [0.4, 0.5) is 13.2 Å². The Morgan fingerprint density at radius 2 is 2.19 bits per heavy atom. The van der Waals surface area contributed by atoms with E-state index in [4.69, 9.17) is 5.11 Å². The van der Waals surface area contributed by atoms with E-state index in [1.807, 2.05) is 0 Å². The second-order valence-electron chi connectivity index (χ2n) is 3.86. The van der Waals surface area contributed by atoms with E-state index in [0.29, 0.717) is 13.0 Å². The third-order valence-electron chi connectivity index (χ3n) is 2.36. The molecule has 7 heteroatoms. The number of carbonyl (C=O) groups excluding carboxylic acids is 1. The molecule has 0 aromatic heterocycles. The minimum Gasteiger partial charge on any atom is -0.392 e. The molecule has 1 rings (SSSR count). The molecule has 0 aromatic carbocycles. The maximum Gasteiger partial charge on any atom is 0.389 e. The van der Waals surface area contributed by atoms with E-state index in [9.17, 15) is 18.0 Å². The molecule has 1 heterocycles. The van der Waals surface area contributed by atoms with Gasteiger partial charge in [0.25, 0.3) is 0 Å². The van der Waals surface area contributed by atoms with Gasteiger partial charge in [0, 0.05) is 19.5 Å². The quantitative estimate of drug-likeness (QED) is 0.614. The van der Waals surface area contributed by atoms with Crippen LogP contribution in [-0.2, 0) is 4.79 Å². The number of alkyl halides is 3. The summed E-state index contributed by atoms with van der Waals surface area (Å²) in [4.78, 5) is 11.3. The van der Waals surface area contributed by atoms with Crippen molar-refractivity contribution < 1.29 is 23.1 Å². The molecule has 0 radical (unpaired) electrons. The summed E-state index contributed by atoms with van der Waals surface area (Å²) in [6, 6.07) is -0.485. The lowest BCUT2D eigenvalue weighted by atomic mass is 10.2. The molecule has 0 aromatic rings. The highest BCUT2D eigenvalue weighted by Crippen LogP contribution is 2.20. The number of aliphatic hydroxyl groups is 1. The van der Waals surface area contributed by atoms with Crippen LogP contribution in [0.3, 0.4) is 0 Å². The third kappa shape index (κ3) is 4.80. The van der Waals surface area contributed by atoms with Gasteiger partial charge in [0.15, 0.2) is 0 Å². The van der Waals surface area contributed by atoms with Crippen molar-refractivity contribution in [3.8, 4) is 0 Å². The summed E-state index contributed by atoms with van der Waals surface area (Å²) < 4.78 is 35.3. The molecule has 0 saturated carbocycles. The molecule has 16 heavy (non-hydrogen) atoms. The minimum atomic E-state index is -4.17. The highest BCUT2D eigenvalue weighted by atomic mass is 19.4. The highest BCUT2D eigenvalue weighted by Gasteiger charge is 2.29. The molecule has 2 atom stereocenters. The molecule has 1 saturated heterocycles. The normalized spacial score (nSPS) is 25.8. The van der Waals surface area contributed by atoms with E-state index < -0.39 is 24.7 Å². The Hall–Kier alpha value is -0.820. The van der Waals surface area contributed by atoms with Gasteiger partial charge in [-0.15, -0.1) is 0 Å². The van der Waals surface area contributed by atoms with Crippen LogP contribution in [0.15, 0.2) is 0 Å². The van der Waals surface area contributed by atoms with E-state index in [1.165, 1.54) is 0 Å². The third-order valence-corrected chi connectivity index (χ3v) is 2.36. The predicted octanol–water partition coefficient (Wildman–Crippen LogP) is 0.168. The molecule has 4 nitrogen and oxygen atoms in total. The summed E-state index contributed by atoms with van der Waals surface area (Å²) in [6.07, 6.45) is -5.43. The van der Waals surface area contributed by atoms with Crippen LogP contribution in [0.5, 0.6) is 0 Å². The van der Waals surface area contributed by atoms with E-state index in [1.54, 1.807) is 0 Å². The number of amides is 1. The number of aliphatic hydroxyl groups excluding tert-OH is 1. The molecular formula is C9H15F3N2O2. The van der Waals surface area contributed by atoms with Crippen molar-refractivity contribution in [3.05, 3.63) is 0 Å². The Kier molecular flexibility index (Phi) is 4.55. The maximum atomic E-state index is 11.8.